The summed E-state index contributed by atoms with van der Waals surface area (Å²) in [5.74, 6) is -0.367. The highest BCUT2D eigenvalue weighted by Crippen LogP contribution is 2.01. The van der Waals surface area contributed by atoms with Crippen molar-refractivity contribution in [3.05, 3.63) is 24.3 Å². The van der Waals surface area contributed by atoms with Crippen LogP contribution in [0.2, 0.25) is 0 Å². The summed E-state index contributed by atoms with van der Waals surface area (Å²) >= 11 is 0. The molecule has 15 heavy (non-hydrogen) atoms. The zero-order valence-electron chi connectivity index (χ0n) is 8.98. The number of hydrogen-bond acceptors (Lipinski definition) is 4. The topological polar surface area (TPSA) is 52.1 Å². The zero-order valence-corrected chi connectivity index (χ0v) is 8.98. The molecular formula is C11H16N2O2. The number of unbranched alkanes of at least 4 members (excludes halogenated alkanes) is 3. The summed E-state index contributed by atoms with van der Waals surface area (Å²) in [5, 5.41) is 0. The van der Waals surface area contributed by atoms with E-state index in [2.05, 4.69) is 16.9 Å². The lowest BCUT2D eigenvalue weighted by atomic mass is 10.2. The van der Waals surface area contributed by atoms with Gasteiger partial charge in [-0.2, -0.15) is 0 Å². The van der Waals surface area contributed by atoms with Crippen LogP contribution in [0.1, 0.15) is 43.1 Å². The van der Waals surface area contributed by atoms with Crippen LogP contribution in [-0.4, -0.2) is 22.5 Å². The van der Waals surface area contributed by atoms with E-state index in [0.717, 1.165) is 12.8 Å². The number of hydrogen-bond donors (Lipinski definition) is 0. The van der Waals surface area contributed by atoms with Gasteiger partial charge in [0.1, 0.15) is 6.33 Å². The van der Waals surface area contributed by atoms with Crippen molar-refractivity contribution in [3.8, 4) is 0 Å². The quantitative estimate of drug-likeness (QED) is 0.531. The van der Waals surface area contributed by atoms with Gasteiger partial charge in [-0.25, -0.2) is 14.8 Å². The standard InChI is InChI=1S/C11H16N2O2/c1-2-3-4-5-8-15-11(14)10-6-7-12-9-13-10/h6-7,9H,2-5,8H2,1H3. The van der Waals surface area contributed by atoms with Crippen LogP contribution >= 0.6 is 0 Å². The molecule has 0 aliphatic rings. The summed E-state index contributed by atoms with van der Waals surface area (Å²) in [6, 6.07) is 1.55. The van der Waals surface area contributed by atoms with E-state index < -0.39 is 0 Å². The maximum atomic E-state index is 11.4. The van der Waals surface area contributed by atoms with Crippen LogP contribution in [0.25, 0.3) is 0 Å². The number of rotatable bonds is 6. The Hall–Kier alpha value is -1.45. The van der Waals surface area contributed by atoms with Crippen molar-refractivity contribution in [1.29, 1.82) is 0 Å². The normalized spacial score (nSPS) is 9.93. The highest BCUT2D eigenvalue weighted by Gasteiger charge is 2.06. The van der Waals surface area contributed by atoms with Gasteiger partial charge in [0.05, 0.1) is 6.61 Å². The number of carbonyl (C=O) groups is 1. The summed E-state index contributed by atoms with van der Waals surface area (Å²) in [5.41, 5.74) is 0.320. The van der Waals surface area contributed by atoms with Gasteiger partial charge in [-0.3, -0.25) is 0 Å². The monoisotopic (exact) mass is 208 g/mol. The molecule has 0 atom stereocenters. The average molecular weight is 208 g/mol. The molecule has 4 nitrogen and oxygen atoms in total. The molecule has 0 fully saturated rings. The molecule has 82 valence electrons. The van der Waals surface area contributed by atoms with Crippen molar-refractivity contribution < 1.29 is 9.53 Å². The summed E-state index contributed by atoms with van der Waals surface area (Å²) in [6.07, 6.45) is 7.26. The van der Waals surface area contributed by atoms with Crippen molar-refractivity contribution in [2.75, 3.05) is 6.61 Å². The van der Waals surface area contributed by atoms with E-state index in [1.807, 2.05) is 0 Å². The molecule has 1 heterocycles. The molecule has 0 aromatic carbocycles. The Morgan fingerprint density at radius 3 is 2.93 bits per heavy atom. The number of nitrogens with zero attached hydrogens (tertiary/aromatic N) is 2. The minimum atomic E-state index is -0.367. The zero-order chi connectivity index (χ0) is 10.9. The van der Waals surface area contributed by atoms with Gasteiger partial charge in [-0.05, 0) is 12.5 Å². The smallest absolute Gasteiger partial charge is 0.357 e. The van der Waals surface area contributed by atoms with Crippen LogP contribution in [0.15, 0.2) is 18.6 Å². The average Bonchev–Trinajstić information content (AvgIpc) is 2.30. The summed E-state index contributed by atoms with van der Waals surface area (Å²) in [4.78, 5) is 18.9. The summed E-state index contributed by atoms with van der Waals surface area (Å²) in [7, 11) is 0. The van der Waals surface area contributed by atoms with Gasteiger partial charge in [0.15, 0.2) is 5.69 Å². The second-order valence-corrected chi connectivity index (χ2v) is 3.29. The van der Waals surface area contributed by atoms with Gasteiger partial charge in [0.25, 0.3) is 0 Å². The highest BCUT2D eigenvalue weighted by molar-refractivity contribution is 5.86. The fourth-order valence-electron chi connectivity index (χ4n) is 1.18. The van der Waals surface area contributed by atoms with Gasteiger partial charge >= 0.3 is 5.97 Å². The third-order valence-corrected chi connectivity index (χ3v) is 2.02. The van der Waals surface area contributed by atoms with Crippen molar-refractivity contribution in [1.82, 2.24) is 9.97 Å². The van der Waals surface area contributed by atoms with Gasteiger partial charge in [-0.1, -0.05) is 26.2 Å². The van der Waals surface area contributed by atoms with Crippen LogP contribution in [0.5, 0.6) is 0 Å². The largest absolute Gasteiger partial charge is 0.461 e. The lowest BCUT2D eigenvalue weighted by Crippen LogP contribution is -2.08. The van der Waals surface area contributed by atoms with Crippen LogP contribution < -0.4 is 0 Å². The molecule has 1 aromatic rings. The van der Waals surface area contributed by atoms with E-state index in [9.17, 15) is 4.79 Å². The second-order valence-electron chi connectivity index (χ2n) is 3.29. The highest BCUT2D eigenvalue weighted by atomic mass is 16.5. The Morgan fingerprint density at radius 1 is 1.40 bits per heavy atom. The third kappa shape index (κ3) is 4.54. The van der Waals surface area contributed by atoms with Crippen molar-refractivity contribution in [2.45, 2.75) is 32.6 Å². The molecule has 0 N–H and O–H groups in total. The van der Waals surface area contributed by atoms with E-state index in [1.54, 1.807) is 6.07 Å². The SMILES string of the molecule is CCCCCCOC(=O)c1ccncn1. The Morgan fingerprint density at radius 2 is 2.27 bits per heavy atom. The van der Waals surface area contributed by atoms with E-state index >= 15 is 0 Å². The Labute approximate surface area is 89.7 Å². The molecule has 0 spiro atoms. The maximum Gasteiger partial charge on any atom is 0.357 e. The summed E-state index contributed by atoms with van der Waals surface area (Å²) in [6.45, 7) is 2.62. The number of esters is 1. The molecular weight excluding hydrogens is 192 g/mol. The first-order valence-corrected chi connectivity index (χ1v) is 5.27. The first-order valence-electron chi connectivity index (χ1n) is 5.27. The van der Waals surface area contributed by atoms with Gasteiger partial charge < -0.3 is 4.74 Å². The Kier molecular flexibility index (Phi) is 5.37. The van der Waals surface area contributed by atoms with Crippen LogP contribution in [0, 0.1) is 0 Å². The molecule has 0 saturated heterocycles. The molecule has 0 bridgehead atoms. The molecule has 0 saturated carbocycles. The summed E-state index contributed by atoms with van der Waals surface area (Å²) < 4.78 is 5.05. The predicted octanol–water partition coefficient (Wildman–Crippen LogP) is 2.21. The second kappa shape index (κ2) is 6.92. The van der Waals surface area contributed by atoms with Crippen molar-refractivity contribution in [3.63, 3.8) is 0 Å². The van der Waals surface area contributed by atoms with Gasteiger partial charge in [-0.15, -0.1) is 0 Å². The van der Waals surface area contributed by atoms with E-state index in [1.165, 1.54) is 25.4 Å². The molecule has 0 radical (unpaired) electrons. The predicted molar refractivity (Wildman–Crippen MR) is 56.5 cm³/mol. The van der Waals surface area contributed by atoms with Crippen LogP contribution in [-0.2, 0) is 4.74 Å². The minimum absolute atomic E-state index is 0.320. The lowest BCUT2D eigenvalue weighted by Gasteiger charge is -2.03. The third-order valence-electron chi connectivity index (χ3n) is 2.02. The van der Waals surface area contributed by atoms with E-state index in [0.29, 0.717) is 12.3 Å². The number of carbonyl (C=O) groups excluding carboxylic acids is 1. The molecule has 0 aliphatic heterocycles. The minimum Gasteiger partial charge on any atom is -0.461 e. The Bertz CT molecular complexity index is 288. The van der Waals surface area contributed by atoms with Crippen molar-refractivity contribution >= 4 is 5.97 Å². The Balaban J connectivity index is 2.20. The number of aromatic nitrogens is 2. The first kappa shape index (κ1) is 11.6. The van der Waals surface area contributed by atoms with Crippen LogP contribution in [0.3, 0.4) is 0 Å². The lowest BCUT2D eigenvalue weighted by molar-refractivity contribution is 0.0490. The van der Waals surface area contributed by atoms with Gasteiger partial charge in [0, 0.05) is 6.20 Å². The fourth-order valence-corrected chi connectivity index (χ4v) is 1.18. The molecule has 0 amide bonds. The molecule has 4 heteroatoms. The van der Waals surface area contributed by atoms with Crippen molar-refractivity contribution in [2.24, 2.45) is 0 Å². The molecule has 1 rings (SSSR count). The molecule has 0 unspecified atom stereocenters. The van der Waals surface area contributed by atoms with E-state index in [4.69, 9.17) is 4.74 Å². The van der Waals surface area contributed by atoms with E-state index in [-0.39, 0.29) is 5.97 Å². The maximum absolute atomic E-state index is 11.4. The van der Waals surface area contributed by atoms with Gasteiger partial charge in [0.2, 0.25) is 0 Å². The van der Waals surface area contributed by atoms with Crippen LogP contribution in [0.4, 0.5) is 0 Å². The fraction of sp³-hybridized carbons (Fsp3) is 0.545. The molecule has 1 aromatic heterocycles. The first-order chi connectivity index (χ1) is 7.34. The number of ether oxygens (including phenoxy) is 1. The molecule has 0 aliphatic carbocycles.